The first kappa shape index (κ1) is 20.2. The first-order valence-corrected chi connectivity index (χ1v) is 10.2. The Labute approximate surface area is 169 Å². The highest BCUT2D eigenvalue weighted by Gasteiger charge is 2.34. The van der Waals surface area contributed by atoms with Gasteiger partial charge in [-0.1, -0.05) is 24.3 Å². The number of rotatable bonds is 6. The molecular weight excluding hydrogens is 376 g/mol. The summed E-state index contributed by atoms with van der Waals surface area (Å²) >= 11 is 1.70. The SMILES string of the molecule is COC(=O)C1CN(C(=O)CN(C)Cc2ccc(SC)cc2)c2ccccc2O1. The van der Waals surface area contributed by atoms with Crippen LogP contribution < -0.4 is 9.64 Å². The zero-order valence-electron chi connectivity index (χ0n) is 16.3. The number of ether oxygens (including phenoxy) is 2. The van der Waals surface area contributed by atoms with E-state index in [0.29, 0.717) is 18.0 Å². The largest absolute Gasteiger partial charge is 0.475 e. The van der Waals surface area contributed by atoms with Crippen LogP contribution in [-0.4, -0.2) is 56.4 Å². The number of esters is 1. The van der Waals surface area contributed by atoms with Gasteiger partial charge in [-0.05, 0) is 43.1 Å². The van der Waals surface area contributed by atoms with Gasteiger partial charge in [0.25, 0.3) is 0 Å². The van der Waals surface area contributed by atoms with Gasteiger partial charge in [0.1, 0.15) is 5.75 Å². The molecule has 1 aliphatic rings. The number of likely N-dealkylation sites (N-methyl/N-ethyl adjacent to an activating group) is 1. The first-order chi connectivity index (χ1) is 13.5. The Balaban J connectivity index is 1.70. The number of nitrogens with zero attached hydrogens (tertiary/aromatic N) is 2. The molecule has 0 radical (unpaired) electrons. The molecule has 0 aromatic heterocycles. The van der Waals surface area contributed by atoms with Crippen LogP contribution in [0.2, 0.25) is 0 Å². The van der Waals surface area contributed by atoms with Crippen LogP contribution >= 0.6 is 11.8 Å². The van der Waals surface area contributed by atoms with E-state index < -0.39 is 12.1 Å². The van der Waals surface area contributed by atoms with E-state index in [1.807, 2.05) is 36.4 Å². The number of carbonyl (C=O) groups excluding carboxylic acids is 2. The van der Waals surface area contributed by atoms with Gasteiger partial charge in [-0.2, -0.15) is 0 Å². The number of para-hydroxylation sites is 2. The molecule has 0 aliphatic carbocycles. The molecule has 1 unspecified atom stereocenters. The Hall–Kier alpha value is -2.51. The summed E-state index contributed by atoms with van der Waals surface area (Å²) in [6.45, 7) is 1.03. The van der Waals surface area contributed by atoms with Crippen LogP contribution in [0.3, 0.4) is 0 Å². The molecule has 7 heteroatoms. The van der Waals surface area contributed by atoms with E-state index in [4.69, 9.17) is 9.47 Å². The highest BCUT2D eigenvalue weighted by Crippen LogP contribution is 2.33. The van der Waals surface area contributed by atoms with Crippen molar-refractivity contribution in [3.05, 3.63) is 54.1 Å². The van der Waals surface area contributed by atoms with Gasteiger partial charge in [-0.15, -0.1) is 11.8 Å². The minimum absolute atomic E-state index is 0.0899. The number of hydrogen-bond donors (Lipinski definition) is 0. The number of carbonyl (C=O) groups is 2. The Morgan fingerprint density at radius 3 is 2.61 bits per heavy atom. The third kappa shape index (κ3) is 4.66. The van der Waals surface area contributed by atoms with Crippen molar-refractivity contribution in [1.82, 2.24) is 4.90 Å². The summed E-state index contributed by atoms with van der Waals surface area (Å²) < 4.78 is 10.5. The molecule has 0 saturated carbocycles. The summed E-state index contributed by atoms with van der Waals surface area (Å²) in [5.74, 6) is -0.0739. The molecule has 6 nitrogen and oxygen atoms in total. The number of anilines is 1. The van der Waals surface area contributed by atoms with Gasteiger partial charge in [0.05, 0.1) is 25.9 Å². The van der Waals surface area contributed by atoms with Crippen LogP contribution in [0.15, 0.2) is 53.4 Å². The predicted molar refractivity (Wildman–Crippen MR) is 110 cm³/mol. The second-order valence-electron chi connectivity index (χ2n) is 6.62. The third-order valence-corrected chi connectivity index (χ3v) is 5.30. The Kier molecular flexibility index (Phi) is 6.59. The van der Waals surface area contributed by atoms with Crippen molar-refractivity contribution < 1.29 is 19.1 Å². The molecule has 1 amide bonds. The highest BCUT2D eigenvalue weighted by atomic mass is 32.2. The molecule has 0 fully saturated rings. The first-order valence-electron chi connectivity index (χ1n) is 8.97. The van der Waals surface area contributed by atoms with Crippen molar-refractivity contribution in [2.24, 2.45) is 0 Å². The molecule has 0 spiro atoms. The fourth-order valence-electron chi connectivity index (χ4n) is 3.14. The van der Waals surface area contributed by atoms with E-state index in [2.05, 4.69) is 24.3 Å². The fraction of sp³-hybridized carbons (Fsp3) is 0.333. The Bertz CT molecular complexity index is 841. The van der Waals surface area contributed by atoms with Crippen LogP contribution in [0.4, 0.5) is 5.69 Å². The van der Waals surface area contributed by atoms with E-state index >= 15 is 0 Å². The summed E-state index contributed by atoms with van der Waals surface area (Å²) in [7, 11) is 3.22. The van der Waals surface area contributed by atoms with E-state index in [1.165, 1.54) is 12.0 Å². The molecule has 1 atom stereocenters. The zero-order chi connectivity index (χ0) is 20.1. The molecule has 0 saturated heterocycles. The Morgan fingerprint density at radius 1 is 1.21 bits per heavy atom. The molecule has 28 heavy (non-hydrogen) atoms. The van der Waals surface area contributed by atoms with Crippen molar-refractivity contribution >= 4 is 29.3 Å². The standard InChI is InChI=1S/C21H24N2O4S/c1-22(12-15-8-10-16(28-3)11-9-15)14-20(24)23-13-19(21(25)26-2)27-18-7-5-4-6-17(18)23/h4-11,19H,12-14H2,1-3H3. The van der Waals surface area contributed by atoms with E-state index in [9.17, 15) is 9.59 Å². The Morgan fingerprint density at radius 2 is 1.93 bits per heavy atom. The van der Waals surface area contributed by atoms with Crippen LogP contribution in [0.25, 0.3) is 0 Å². The lowest BCUT2D eigenvalue weighted by Gasteiger charge is -2.34. The monoisotopic (exact) mass is 400 g/mol. The number of fused-ring (bicyclic) bond motifs is 1. The van der Waals surface area contributed by atoms with E-state index in [1.54, 1.807) is 22.7 Å². The molecule has 2 aromatic carbocycles. The lowest BCUT2D eigenvalue weighted by atomic mass is 10.1. The smallest absolute Gasteiger partial charge is 0.348 e. The zero-order valence-corrected chi connectivity index (χ0v) is 17.1. The molecule has 1 aliphatic heterocycles. The molecule has 2 aromatic rings. The van der Waals surface area contributed by atoms with Crippen molar-refractivity contribution in [1.29, 1.82) is 0 Å². The molecule has 3 rings (SSSR count). The maximum absolute atomic E-state index is 13.0. The highest BCUT2D eigenvalue weighted by molar-refractivity contribution is 7.98. The number of amides is 1. The fourth-order valence-corrected chi connectivity index (χ4v) is 3.55. The van der Waals surface area contributed by atoms with Gasteiger partial charge >= 0.3 is 5.97 Å². The summed E-state index contributed by atoms with van der Waals surface area (Å²) in [5.41, 5.74) is 1.81. The minimum atomic E-state index is -0.826. The number of hydrogen-bond acceptors (Lipinski definition) is 6. The molecule has 148 valence electrons. The average molecular weight is 401 g/mol. The molecular formula is C21H24N2O4S. The van der Waals surface area contributed by atoms with Gasteiger partial charge in [0, 0.05) is 11.4 Å². The summed E-state index contributed by atoms with van der Waals surface area (Å²) in [5, 5.41) is 0. The van der Waals surface area contributed by atoms with Crippen molar-refractivity contribution in [2.45, 2.75) is 17.5 Å². The number of methoxy groups -OCH3 is 1. The minimum Gasteiger partial charge on any atom is -0.475 e. The topological polar surface area (TPSA) is 59.1 Å². The maximum atomic E-state index is 13.0. The van der Waals surface area contributed by atoms with E-state index in [0.717, 1.165) is 5.56 Å². The number of benzene rings is 2. The van der Waals surface area contributed by atoms with Gasteiger partial charge in [0.15, 0.2) is 0 Å². The van der Waals surface area contributed by atoms with Gasteiger partial charge in [0.2, 0.25) is 12.0 Å². The quantitative estimate of drug-likeness (QED) is 0.549. The maximum Gasteiger partial charge on any atom is 0.348 e. The van der Waals surface area contributed by atoms with Crippen LogP contribution in [0.5, 0.6) is 5.75 Å². The lowest BCUT2D eigenvalue weighted by Crippen LogP contribution is -2.49. The van der Waals surface area contributed by atoms with Crippen molar-refractivity contribution in [2.75, 3.05) is 38.4 Å². The second-order valence-corrected chi connectivity index (χ2v) is 7.50. The van der Waals surface area contributed by atoms with E-state index in [-0.39, 0.29) is 19.0 Å². The normalized spacial score (nSPS) is 15.7. The van der Waals surface area contributed by atoms with Crippen LogP contribution in [-0.2, 0) is 20.9 Å². The predicted octanol–water partition coefficient (Wildman–Crippen LogP) is 2.81. The van der Waals surface area contributed by atoms with Crippen LogP contribution in [0.1, 0.15) is 5.56 Å². The van der Waals surface area contributed by atoms with Crippen LogP contribution in [0, 0.1) is 0 Å². The summed E-state index contributed by atoms with van der Waals surface area (Å²) in [6.07, 6.45) is 1.22. The second kappa shape index (κ2) is 9.12. The summed E-state index contributed by atoms with van der Waals surface area (Å²) in [6, 6.07) is 15.5. The average Bonchev–Trinajstić information content (AvgIpc) is 2.72. The molecule has 0 bridgehead atoms. The lowest BCUT2D eigenvalue weighted by molar-refractivity contribution is -0.148. The molecule has 0 N–H and O–H groups in total. The molecule has 1 heterocycles. The van der Waals surface area contributed by atoms with Crippen molar-refractivity contribution in [3.8, 4) is 5.75 Å². The summed E-state index contributed by atoms with van der Waals surface area (Å²) in [4.78, 5) is 29.7. The van der Waals surface area contributed by atoms with Crippen molar-refractivity contribution in [3.63, 3.8) is 0 Å². The van der Waals surface area contributed by atoms with Gasteiger partial charge in [-0.3, -0.25) is 9.69 Å². The van der Waals surface area contributed by atoms with Gasteiger partial charge in [-0.25, -0.2) is 4.79 Å². The third-order valence-electron chi connectivity index (χ3n) is 4.56. The van der Waals surface area contributed by atoms with Gasteiger partial charge < -0.3 is 14.4 Å². The number of thioether (sulfide) groups is 1.